The van der Waals surface area contributed by atoms with Crippen molar-refractivity contribution in [1.82, 2.24) is 5.32 Å². The summed E-state index contributed by atoms with van der Waals surface area (Å²) >= 11 is 0. The minimum atomic E-state index is -0.496. The lowest BCUT2D eigenvalue weighted by Gasteiger charge is -2.13. The summed E-state index contributed by atoms with van der Waals surface area (Å²) < 4.78 is 5.07. The van der Waals surface area contributed by atoms with Gasteiger partial charge in [-0.3, -0.25) is 4.79 Å². The Morgan fingerprint density at radius 1 is 1.85 bits per heavy atom. The Morgan fingerprint density at radius 2 is 2.62 bits per heavy atom. The van der Waals surface area contributed by atoms with Crippen LogP contribution in [0.4, 0.5) is 0 Å². The first-order valence-electron chi connectivity index (χ1n) is 4.43. The molecule has 1 rings (SSSR count). The van der Waals surface area contributed by atoms with Crippen molar-refractivity contribution in [3.05, 3.63) is 11.6 Å². The van der Waals surface area contributed by atoms with Gasteiger partial charge in [0.2, 0.25) is 5.91 Å². The van der Waals surface area contributed by atoms with Gasteiger partial charge in [0.1, 0.15) is 0 Å². The highest BCUT2D eigenvalue weighted by Crippen LogP contribution is 2.06. The number of hydrogen-bond acceptors (Lipinski definition) is 3. The molecule has 0 spiro atoms. The van der Waals surface area contributed by atoms with Crippen LogP contribution in [0.15, 0.2) is 11.6 Å². The molecule has 0 aromatic heterocycles. The van der Waals surface area contributed by atoms with E-state index in [4.69, 9.17) is 9.84 Å². The van der Waals surface area contributed by atoms with Gasteiger partial charge >= 0.3 is 0 Å². The van der Waals surface area contributed by atoms with Crippen LogP contribution in [0.3, 0.4) is 0 Å². The first kappa shape index (κ1) is 10.2. The van der Waals surface area contributed by atoms with Crippen LogP contribution in [0.2, 0.25) is 0 Å². The number of carbonyl (C=O) groups is 1. The molecule has 0 radical (unpaired) electrons. The lowest BCUT2D eigenvalue weighted by Crippen LogP contribution is -2.32. The van der Waals surface area contributed by atoms with Gasteiger partial charge in [0.25, 0.3) is 0 Å². The number of rotatable bonds is 3. The molecule has 1 heterocycles. The van der Waals surface area contributed by atoms with Gasteiger partial charge in [-0.2, -0.15) is 0 Å². The molecule has 0 aromatic rings. The highest BCUT2D eigenvalue weighted by molar-refractivity contribution is 5.93. The van der Waals surface area contributed by atoms with Crippen LogP contribution in [-0.4, -0.2) is 36.9 Å². The molecule has 1 aliphatic rings. The van der Waals surface area contributed by atoms with E-state index in [0.29, 0.717) is 26.2 Å². The maximum absolute atomic E-state index is 11.4. The minimum Gasteiger partial charge on any atom is -0.392 e. The topological polar surface area (TPSA) is 58.6 Å². The molecule has 1 amide bonds. The minimum absolute atomic E-state index is 0.0933. The summed E-state index contributed by atoms with van der Waals surface area (Å²) in [6.45, 7) is 3.06. The van der Waals surface area contributed by atoms with Gasteiger partial charge in [0, 0.05) is 18.5 Å². The zero-order valence-corrected chi connectivity index (χ0v) is 7.75. The lowest BCUT2D eigenvalue weighted by atomic mass is 10.1. The number of amides is 1. The SMILES string of the molecule is CC(O)CNC(=O)C1=CCOCC1. The third kappa shape index (κ3) is 3.57. The van der Waals surface area contributed by atoms with Crippen LogP contribution < -0.4 is 5.32 Å². The van der Waals surface area contributed by atoms with Gasteiger partial charge in [-0.15, -0.1) is 0 Å². The number of carbonyl (C=O) groups excluding carboxylic acids is 1. The van der Waals surface area contributed by atoms with Crippen molar-refractivity contribution in [2.45, 2.75) is 19.4 Å². The third-order valence-corrected chi connectivity index (χ3v) is 1.81. The Hall–Kier alpha value is -0.870. The molecule has 0 saturated heterocycles. The smallest absolute Gasteiger partial charge is 0.247 e. The molecule has 0 aliphatic carbocycles. The van der Waals surface area contributed by atoms with Crippen LogP contribution >= 0.6 is 0 Å². The van der Waals surface area contributed by atoms with Crippen molar-refractivity contribution in [3.63, 3.8) is 0 Å². The molecule has 1 atom stereocenters. The number of ether oxygens (including phenoxy) is 1. The Labute approximate surface area is 77.6 Å². The van der Waals surface area contributed by atoms with Crippen molar-refractivity contribution in [2.75, 3.05) is 19.8 Å². The predicted molar refractivity (Wildman–Crippen MR) is 48.2 cm³/mol. The monoisotopic (exact) mass is 185 g/mol. The molecule has 13 heavy (non-hydrogen) atoms. The molecular weight excluding hydrogens is 170 g/mol. The zero-order chi connectivity index (χ0) is 9.68. The van der Waals surface area contributed by atoms with Crippen molar-refractivity contribution < 1.29 is 14.6 Å². The van der Waals surface area contributed by atoms with Gasteiger partial charge in [0.05, 0.1) is 19.3 Å². The van der Waals surface area contributed by atoms with Gasteiger partial charge in [-0.25, -0.2) is 0 Å². The maximum Gasteiger partial charge on any atom is 0.247 e. The van der Waals surface area contributed by atoms with Gasteiger partial charge < -0.3 is 15.2 Å². The fraction of sp³-hybridized carbons (Fsp3) is 0.667. The molecule has 1 unspecified atom stereocenters. The van der Waals surface area contributed by atoms with E-state index in [2.05, 4.69) is 5.32 Å². The molecule has 74 valence electrons. The molecule has 0 bridgehead atoms. The highest BCUT2D eigenvalue weighted by atomic mass is 16.5. The quantitative estimate of drug-likeness (QED) is 0.641. The third-order valence-electron chi connectivity index (χ3n) is 1.81. The fourth-order valence-corrected chi connectivity index (χ4v) is 1.09. The van der Waals surface area contributed by atoms with E-state index in [0.717, 1.165) is 5.57 Å². The van der Waals surface area contributed by atoms with E-state index < -0.39 is 6.10 Å². The van der Waals surface area contributed by atoms with E-state index in [1.807, 2.05) is 0 Å². The molecule has 2 N–H and O–H groups in total. The second kappa shape index (κ2) is 4.99. The van der Waals surface area contributed by atoms with Crippen LogP contribution in [0.1, 0.15) is 13.3 Å². The van der Waals surface area contributed by atoms with Gasteiger partial charge in [-0.1, -0.05) is 6.08 Å². The second-order valence-electron chi connectivity index (χ2n) is 3.11. The largest absolute Gasteiger partial charge is 0.392 e. The van der Waals surface area contributed by atoms with Crippen molar-refractivity contribution in [2.24, 2.45) is 0 Å². The van der Waals surface area contributed by atoms with Crippen molar-refractivity contribution >= 4 is 5.91 Å². The first-order valence-corrected chi connectivity index (χ1v) is 4.43. The Morgan fingerprint density at radius 3 is 3.15 bits per heavy atom. The summed E-state index contributed by atoms with van der Waals surface area (Å²) in [5, 5.41) is 11.6. The van der Waals surface area contributed by atoms with Crippen LogP contribution in [-0.2, 0) is 9.53 Å². The highest BCUT2D eigenvalue weighted by Gasteiger charge is 2.12. The van der Waals surface area contributed by atoms with Crippen LogP contribution in [0.5, 0.6) is 0 Å². The summed E-state index contributed by atoms with van der Waals surface area (Å²) in [6, 6.07) is 0. The zero-order valence-electron chi connectivity index (χ0n) is 7.75. The predicted octanol–water partition coefficient (Wildman–Crippen LogP) is -0.170. The van der Waals surface area contributed by atoms with E-state index in [-0.39, 0.29) is 5.91 Å². The molecule has 1 aliphatic heterocycles. The summed E-state index contributed by atoms with van der Waals surface area (Å²) in [5.41, 5.74) is 0.756. The maximum atomic E-state index is 11.4. The summed E-state index contributed by atoms with van der Waals surface area (Å²) in [5.74, 6) is -0.0933. The average molecular weight is 185 g/mol. The number of aliphatic hydroxyl groups excluding tert-OH is 1. The number of aliphatic hydroxyl groups is 1. The van der Waals surface area contributed by atoms with Gasteiger partial charge in [0.15, 0.2) is 0 Å². The Kier molecular flexibility index (Phi) is 3.92. The molecule has 4 heteroatoms. The average Bonchev–Trinajstić information content (AvgIpc) is 2.15. The summed E-state index contributed by atoms with van der Waals surface area (Å²) in [4.78, 5) is 11.4. The van der Waals surface area contributed by atoms with E-state index in [9.17, 15) is 4.79 Å². The summed E-state index contributed by atoms with van der Waals surface area (Å²) in [6.07, 6.45) is 1.94. The Bertz CT molecular complexity index is 211. The lowest BCUT2D eigenvalue weighted by molar-refractivity contribution is -0.118. The second-order valence-corrected chi connectivity index (χ2v) is 3.11. The first-order chi connectivity index (χ1) is 6.20. The Balaban J connectivity index is 2.34. The van der Waals surface area contributed by atoms with Crippen molar-refractivity contribution in [3.8, 4) is 0 Å². The van der Waals surface area contributed by atoms with E-state index in [1.54, 1.807) is 13.0 Å². The molecule has 0 saturated carbocycles. The molecule has 0 fully saturated rings. The normalized spacial score (nSPS) is 19.1. The van der Waals surface area contributed by atoms with E-state index in [1.165, 1.54) is 0 Å². The standard InChI is InChI=1S/C9H15NO3/c1-7(11)6-10-9(12)8-2-4-13-5-3-8/h2,7,11H,3-6H2,1H3,(H,10,12). The number of nitrogens with one attached hydrogen (secondary N) is 1. The summed E-state index contributed by atoms with van der Waals surface area (Å²) in [7, 11) is 0. The van der Waals surface area contributed by atoms with Crippen LogP contribution in [0.25, 0.3) is 0 Å². The van der Waals surface area contributed by atoms with Crippen LogP contribution in [0, 0.1) is 0 Å². The molecule has 4 nitrogen and oxygen atoms in total. The number of hydrogen-bond donors (Lipinski definition) is 2. The fourth-order valence-electron chi connectivity index (χ4n) is 1.09. The molecular formula is C9H15NO3. The van der Waals surface area contributed by atoms with Crippen molar-refractivity contribution in [1.29, 1.82) is 0 Å². The van der Waals surface area contributed by atoms with Gasteiger partial charge in [-0.05, 0) is 6.92 Å². The molecule has 0 aromatic carbocycles. The van der Waals surface area contributed by atoms with E-state index >= 15 is 0 Å².